The van der Waals surface area contributed by atoms with Crippen molar-refractivity contribution in [2.45, 2.75) is 105 Å². The summed E-state index contributed by atoms with van der Waals surface area (Å²) in [5, 5.41) is 5.59. The largest absolute Gasteiger partial charge is 0.462 e. The molecule has 4 atom stereocenters. The Morgan fingerprint density at radius 1 is 0.773 bits per heavy atom. The zero-order valence-corrected chi connectivity index (χ0v) is 29.6. The molecule has 0 saturated carbocycles. The zero-order chi connectivity index (χ0) is 33.2. The number of rotatable bonds is 17. The molecule has 0 aliphatic rings. The van der Waals surface area contributed by atoms with Crippen LogP contribution in [-0.2, 0) is 34.6 Å². The summed E-state index contributed by atoms with van der Waals surface area (Å²) in [5.41, 5.74) is 2.92. The van der Waals surface area contributed by atoms with Crippen molar-refractivity contribution in [2.75, 3.05) is 13.3 Å². The quantitative estimate of drug-likeness (QED) is 0.0998. The topological polar surface area (TPSA) is 129 Å². The lowest BCUT2D eigenvalue weighted by Gasteiger charge is -2.26. The second kappa shape index (κ2) is 16.6. The van der Waals surface area contributed by atoms with Gasteiger partial charge in [0.1, 0.15) is 23.6 Å². The molecule has 2 aromatic rings. The van der Waals surface area contributed by atoms with E-state index in [9.17, 15) is 18.7 Å². The van der Waals surface area contributed by atoms with Gasteiger partial charge in [0.05, 0.1) is 17.8 Å². The first-order valence-corrected chi connectivity index (χ1v) is 19.3. The van der Waals surface area contributed by atoms with Gasteiger partial charge < -0.3 is 18.5 Å². The third-order valence-electron chi connectivity index (χ3n) is 6.31. The number of esters is 2. The summed E-state index contributed by atoms with van der Waals surface area (Å²) in [7, 11) is -7.30. The maximum atomic E-state index is 13.8. The lowest BCUT2D eigenvalue weighted by molar-refractivity contribution is -0.149. The molecule has 12 heteroatoms. The van der Waals surface area contributed by atoms with E-state index in [-0.39, 0.29) is 23.7 Å². The summed E-state index contributed by atoms with van der Waals surface area (Å²) in [5.74, 6) is -0.612. The maximum Gasteiger partial charge on any atom is 0.323 e. The molecule has 0 aliphatic heterocycles. The van der Waals surface area contributed by atoms with Crippen LogP contribution in [0.3, 0.4) is 0 Å². The van der Waals surface area contributed by atoms with Gasteiger partial charge in [-0.2, -0.15) is 0 Å². The van der Waals surface area contributed by atoms with Crippen LogP contribution in [0.2, 0.25) is 0 Å². The fourth-order valence-corrected chi connectivity index (χ4v) is 7.26. The SMILES string of the molecule is CCCCCc1cc(OP(C)(=O)N[C@@H](C)C(=O)OC(C)C)c(-c2cccc(C)c2)c(OP(C)(=O)N[C@@H](C)C(=O)OC(C)C)c1. The molecular weight excluding hydrogens is 602 g/mol. The van der Waals surface area contributed by atoms with Crippen molar-refractivity contribution in [2.24, 2.45) is 0 Å². The van der Waals surface area contributed by atoms with E-state index in [1.807, 2.05) is 43.3 Å². The van der Waals surface area contributed by atoms with E-state index >= 15 is 0 Å². The summed E-state index contributed by atoms with van der Waals surface area (Å²) in [6.07, 6.45) is 2.92. The predicted octanol–water partition coefficient (Wildman–Crippen LogP) is 7.66. The Labute approximate surface area is 263 Å². The first-order chi connectivity index (χ1) is 20.4. The molecule has 0 bridgehead atoms. The van der Waals surface area contributed by atoms with Crippen LogP contribution in [0.1, 0.15) is 78.9 Å². The fourth-order valence-electron chi connectivity index (χ4n) is 4.50. The van der Waals surface area contributed by atoms with Crippen LogP contribution in [0, 0.1) is 6.92 Å². The molecule has 10 nitrogen and oxygen atoms in total. The van der Waals surface area contributed by atoms with E-state index in [4.69, 9.17) is 18.5 Å². The van der Waals surface area contributed by atoms with Crippen molar-refractivity contribution in [3.63, 3.8) is 0 Å². The summed E-state index contributed by atoms with van der Waals surface area (Å²) >= 11 is 0. The lowest BCUT2D eigenvalue weighted by Crippen LogP contribution is -2.35. The second-order valence-electron chi connectivity index (χ2n) is 11.8. The van der Waals surface area contributed by atoms with Gasteiger partial charge in [-0.1, -0.05) is 49.6 Å². The molecule has 0 aromatic heterocycles. The van der Waals surface area contributed by atoms with Crippen molar-refractivity contribution < 1.29 is 37.2 Å². The van der Waals surface area contributed by atoms with E-state index in [2.05, 4.69) is 17.1 Å². The van der Waals surface area contributed by atoms with Crippen LogP contribution >= 0.6 is 15.0 Å². The molecule has 0 heterocycles. The first-order valence-electron chi connectivity index (χ1n) is 15.2. The third kappa shape index (κ3) is 12.4. The van der Waals surface area contributed by atoms with Crippen molar-refractivity contribution in [3.05, 3.63) is 47.5 Å². The number of aryl methyl sites for hydroxylation is 2. The van der Waals surface area contributed by atoms with Crippen LogP contribution in [-0.4, -0.2) is 49.6 Å². The van der Waals surface area contributed by atoms with Gasteiger partial charge in [-0.15, -0.1) is 0 Å². The smallest absolute Gasteiger partial charge is 0.323 e. The van der Waals surface area contributed by atoms with E-state index < -0.39 is 39.1 Å². The lowest BCUT2D eigenvalue weighted by atomic mass is 9.98. The molecule has 2 aromatic carbocycles. The van der Waals surface area contributed by atoms with Gasteiger partial charge in [0, 0.05) is 13.3 Å². The molecule has 2 unspecified atom stereocenters. The van der Waals surface area contributed by atoms with Gasteiger partial charge >= 0.3 is 27.0 Å². The average molecular weight is 653 g/mol. The molecule has 0 radical (unpaired) electrons. The van der Waals surface area contributed by atoms with E-state index in [1.54, 1.807) is 41.5 Å². The molecule has 0 amide bonds. The highest BCUT2D eigenvalue weighted by molar-refractivity contribution is 7.56. The number of hydrogen-bond acceptors (Lipinski definition) is 8. The van der Waals surface area contributed by atoms with E-state index in [0.29, 0.717) is 17.5 Å². The Morgan fingerprint density at radius 2 is 1.25 bits per heavy atom. The van der Waals surface area contributed by atoms with E-state index in [1.165, 1.54) is 13.3 Å². The molecule has 0 aliphatic carbocycles. The van der Waals surface area contributed by atoms with Crippen LogP contribution in [0.5, 0.6) is 11.5 Å². The monoisotopic (exact) mass is 652 g/mol. The number of carbonyl (C=O) groups excluding carboxylic acids is 2. The van der Waals surface area contributed by atoms with Crippen LogP contribution < -0.4 is 19.2 Å². The Kier molecular flexibility index (Phi) is 14.2. The average Bonchev–Trinajstić information content (AvgIpc) is 2.86. The van der Waals surface area contributed by atoms with Gasteiger partial charge in [0.15, 0.2) is 0 Å². The van der Waals surface area contributed by atoms with Gasteiger partial charge in [0.2, 0.25) is 0 Å². The highest BCUT2D eigenvalue weighted by Gasteiger charge is 2.31. The number of nitrogens with one attached hydrogen (secondary N) is 2. The van der Waals surface area contributed by atoms with Gasteiger partial charge in [-0.25, -0.2) is 10.2 Å². The van der Waals surface area contributed by atoms with Gasteiger partial charge in [0.25, 0.3) is 0 Å². The number of carbonyl (C=O) groups is 2. The number of benzene rings is 2. The minimum Gasteiger partial charge on any atom is -0.462 e. The normalized spacial score (nSPS) is 15.6. The molecule has 44 heavy (non-hydrogen) atoms. The maximum absolute atomic E-state index is 13.8. The number of ether oxygens (including phenoxy) is 2. The Hall–Kier alpha value is -2.64. The third-order valence-corrected chi connectivity index (χ3v) is 9.12. The van der Waals surface area contributed by atoms with Crippen LogP contribution in [0.15, 0.2) is 36.4 Å². The Morgan fingerprint density at radius 3 is 1.66 bits per heavy atom. The fraction of sp³-hybridized carbons (Fsp3) is 0.562. The zero-order valence-electron chi connectivity index (χ0n) is 27.8. The summed E-state index contributed by atoms with van der Waals surface area (Å²) < 4.78 is 50.5. The minimum absolute atomic E-state index is 0.245. The number of unbranched alkanes of at least 4 members (excludes halogenated alkanes) is 2. The minimum atomic E-state index is -3.65. The molecule has 0 fully saturated rings. The summed E-state index contributed by atoms with van der Waals surface area (Å²) in [4.78, 5) is 24.9. The highest BCUT2D eigenvalue weighted by atomic mass is 31.2. The van der Waals surface area contributed by atoms with Crippen molar-refractivity contribution in [1.82, 2.24) is 10.2 Å². The summed E-state index contributed by atoms with van der Waals surface area (Å²) in [6.45, 7) is 16.9. The van der Waals surface area contributed by atoms with E-state index in [0.717, 1.165) is 30.4 Å². The van der Waals surface area contributed by atoms with Crippen molar-refractivity contribution in [3.8, 4) is 22.6 Å². The summed E-state index contributed by atoms with van der Waals surface area (Å²) in [6, 6.07) is 9.40. The van der Waals surface area contributed by atoms with Crippen molar-refractivity contribution >= 4 is 27.0 Å². The molecule has 2 N–H and O–H groups in total. The Bertz CT molecular complexity index is 1300. The molecular formula is C32H50N2O8P2. The molecule has 0 spiro atoms. The first kappa shape index (κ1) is 37.5. The van der Waals surface area contributed by atoms with Crippen LogP contribution in [0.25, 0.3) is 11.1 Å². The second-order valence-corrected chi connectivity index (χ2v) is 16.1. The highest BCUT2D eigenvalue weighted by Crippen LogP contribution is 2.51. The molecule has 0 saturated heterocycles. The van der Waals surface area contributed by atoms with Crippen LogP contribution in [0.4, 0.5) is 0 Å². The molecule has 2 rings (SSSR count). The predicted molar refractivity (Wildman–Crippen MR) is 176 cm³/mol. The molecule has 246 valence electrons. The van der Waals surface area contributed by atoms with Gasteiger partial charge in [-0.3, -0.25) is 18.7 Å². The standard InChI is InChI=1S/C32H50N2O8P2/c1-11-12-13-16-26-19-28(41-43(9,37)33-24(7)31(35)39-21(2)3)30(27-17-14-15-23(6)18-27)29(20-26)42-44(10,38)34-25(8)32(36)40-22(4)5/h14-15,17-22,24-25H,11-13,16H2,1-10H3,(H,33,37)(H,34,38)/t24-,25-,43?,44?/m0/s1. The van der Waals surface area contributed by atoms with Gasteiger partial charge in [-0.05, 0) is 84.6 Å². The van der Waals surface area contributed by atoms with Crippen molar-refractivity contribution in [1.29, 1.82) is 0 Å². The number of hydrogen-bond donors (Lipinski definition) is 2. The Balaban J connectivity index is 2.63.